The van der Waals surface area contributed by atoms with Crippen molar-refractivity contribution in [2.24, 2.45) is 33.7 Å². The van der Waals surface area contributed by atoms with Gasteiger partial charge in [-0.15, -0.1) is 0 Å². The van der Waals surface area contributed by atoms with Crippen LogP contribution in [0, 0.1) is 28.6 Å². The van der Waals surface area contributed by atoms with Crippen LogP contribution in [0.15, 0.2) is 16.8 Å². The Kier molecular flexibility index (Phi) is 4.45. The molecule has 0 aromatic heterocycles. The van der Waals surface area contributed by atoms with E-state index >= 15 is 0 Å². The molecule has 3 fully saturated rings. The molecule has 5 nitrogen and oxygen atoms in total. The highest BCUT2D eigenvalue weighted by Crippen LogP contribution is 2.67. The molecule has 0 spiro atoms. The van der Waals surface area contributed by atoms with Crippen molar-refractivity contribution >= 4 is 11.7 Å². The first-order valence-corrected chi connectivity index (χ1v) is 10.5. The smallest absolute Gasteiger partial charge is 0.344 e. The predicted molar refractivity (Wildman–Crippen MR) is 103 cm³/mol. The molecule has 0 aliphatic heterocycles. The maximum Gasteiger partial charge on any atom is 0.344 e. The zero-order chi connectivity index (χ0) is 19.4. The summed E-state index contributed by atoms with van der Waals surface area (Å²) in [6.07, 6.45) is 10.8. The summed E-state index contributed by atoms with van der Waals surface area (Å²) in [5.41, 5.74) is 2.11. The Morgan fingerprint density at radius 2 is 1.89 bits per heavy atom. The van der Waals surface area contributed by atoms with Crippen molar-refractivity contribution in [1.29, 1.82) is 0 Å². The predicted octanol–water partition coefficient (Wildman–Crippen LogP) is 4.16. The van der Waals surface area contributed by atoms with E-state index in [1.54, 1.807) is 0 Å². The van der Waals surface area contributed by atoms with E-state index in [-0.39, 0.29) is 17.4 Å². The number of hydrogen-bond donors (Lipinski definition) is 2. The third kappa shape index (κ3) is 2.84. The van der Waals surface area contributed by atoms with Crippen LogP contribution in [0.25, 0.3) is 0 Å². The molecular weight excluding hydrogens is 342 g/mol. The highest BCUT2D eigenvalue weighted by atomic mass is 16.6. The van der Waals surface area contributed by atoms with E-state index in [9.17, 15) is 9.90 Å². The number of nitrogens with zero attached hydrogens (tertiary/aromatic N) is 1. The topological polar surface area (TPSA) is 79.1 Å². The number of carboxylic acid groups (broad SMARTS) is 1. The van der Waals surface area contributed by atoms with Gasteiger partial charge in [0.25, 0.3) is 0 Å². The second-order valence-corrected chi connectivity index (χ2v) is 10.0. The number of fused-ring (bicyclic) bond motifs is 5. The average molecular weight is 376 g/mol. The highest BCUT2D eigenvalue weighted by Gasteiger charge is 2.62. The maximum absolute atomic E-state index is 11.0. The van der Waals surface area contributed by atoms with E-state index in [4.69, 9.17) is 9.94 Å². The van der Waals surface area contributed by atoms with E-state index in [2.05, 4.69) is 32.0 Å². The van der Waals surface area contributed by atoms with E-state index in [1.165, 1.54) is 18.4 Å². The first-order chi connectivity index (χ1) is 12.7. The molecule has 4 rings (SSSR count). The van der Waals surface area contributed by atoms with Crippen molar-refractivity contribution in [2.75, 3.05) is 6.61 Å². The number of aliphatic carboxylic acids is 1. The normalized spacial score (nSPS) is 47.6. The summed E-state index contributed by atoms with van der Waals surface area (Å²) in [5.74, 6) is 1.04. The van der Waals surface area contributed by atoms with Gasteiger partial charge in [-0.25, -0.2) is 4.79 Å². The fraction of sp³-hybridized carbons (Fsp3) is 0.818. The monoisotopic (exact) mass is 375 g/mol. The zero-order valence-electron chi connectivity index (χ0n) is 16.8. The third-order valence-corrected chi connectivity index (χ3v) is 8.91. The van der Waals surface area contributed by atoms with Crippen LogP contribution in [-0.2, 0) is 9.63 Å². The number of carboxylic acids is 1. The lowest BCUT2D eigenvalue weighted by Gasteiger charge is -2.59. The molecule has 0 heterocycles. The molecule has 6 atom stereocenters. The minimum atomic E-state index is -0.995. The minimum absolute atomic E-state index is 0.0672. The number of aliphatic hydroxyl groups is 1. The summed E-state index contributed by atoms with van der Waals surface area (Å²) >= 11 is 0. The van der Waals surface area contributed by atoms with Crippen LogP contribution in [0.1, 0.15) is 72.1 Å². The van der Waals surface area contributed by atoms with Gasteiger partial charge in [0, 0.05) is 0 Å². The van der Waals surface area contributed by atoms with Crippen molar-refractivity contribution in [3.05, 3.63) is 11.6 Å². The third-order valence-electron chi connectivity index (χ3n) is 8.91. The lowest BCUT2D eigenvalue weighted by atomic mass is 9.46. The van der Waals surface area contributed by atoms with Gasteiger partial charge in [0.1, 0.15) is 0 Å². The second-order valence-electron chi connectivity index (χ2n) is 10.0. The van der Waals surface area contributed by atoms with Crippen LogP contribution >= 0.6 is 0 Å². The number of oxime groups is 1. The average Bonchev–Trinajstić information content (AvgIpc) is 2.84. The molecule has 5 heteroatoms. The summed E-state index contributed by atoms with van der Waals surface area (Å²) < 4.78 is 0. The Bertz CT molecular complexity index is 696. The zero-order valence-corrected chi connectivity index (χ0v) is 16.8. The highest BCUT2D eigenvalue weighted by molar-refractivity contribution is 5.96. The molecule has 0 amide bonds. The van der Waals surface area contributed by atoms with Crippen molar-refractivity contribution < 1.29 is 19.8 Å². The van der Waals surface area contributed by atoms with E-state index in [1.807, 2.05) is 0 Å². The molecule has 27 heavy (non-hydrogen) atoms. The summed E-state index contributed by atoms with van der Waals surface area (Å²) in [6.45, 7) is 6.44. The number of carbonyl (C=O) groups is 1. The summed E-state index contributed by atoms with van der Waals surface area (Å²) in [7, 11) is 0. The summed E-state index contributed by atoms with van der Waals surface area (Å²) in [6, 6.07) is 0. The Morgan fingerprint density at radius 3 is 2.63 bits per heavy atom. The van der Waals surface area contributed by atoms with Crippen molar-refractivity contribution in [2.45, 2.75) is 77.7 Å². The van der Waals surface area contributed by atoms with Crippen LogP contribution in [0.2, 0.25) is 0 Å². The van der Waals surface area contributed by atoms with E-state index in [0.29, 0.717) is 17.8 Å². The van der Waals surface area contributed by atoms with Gasteiger partial charge in [-0.05, 0) is 93.0 Å². The molecule has 0 aromatic carbocycles. The summed E-state index contributed by atoms with van der Waals surface area (Å²) in [5, 5.41) is 23.8. The van der Waals surface area contributed by atoms with Gasteiger partial charge in [-0.3, -0.25) is 0 Å². The second kappa shape index (κ2) is 6.33. The minimum Gasteiger partial charge on any atom is -0.479 e. The molecule has 3 saturated carbocycles. The van der Waals surface area contributed by atoms with Gasteiger partial charge >= 0.3 is 5.97 Å². The van der Waals surface area contributed by atoms with E-state index in [0.717, 1.165) is 44.2 Å². The lowest BCUT2D eigenvalue weighted by molar-refractivity contribution is -0.142. The number of hydrogen-bond acceptors (Lipinski definition) is 4. The van der Waals surface area contributed by atoms with Gasteiger partial charge in [0.05, 0.1) is 11.3 Å². The molecule has 0 bridgehead atoms. The van der Waals surface area contributed by atoms with Gasteiger partial charge in [-0.1, -0.05) is 24.6 Å². The first kappa shape index (κ1) is 19.0. The standard InChI is InChI=1S/C22H33NO4/c1-20-9-6-15(23-27-13-19(24)25)12-14(20)4-5-16-17(20)7-10-21(2)18(16)8-11-22(21,3)26/h12,16-18,26H,4-11,13H2,1-3H3,(H,24,25)/t16-,17+,18+,20+,21+,22+/m1/s1. The molecule has 0 aromatic rings. The largest absolute Gasteiger partial charge is 0.479 e. The van der Waals surface area contributed by atoms with Crippen molar-refractivity contribution in [3.8, 4) is 0 Å². The molecular formula is C22H33NO4. The van der Waals surface area contributed by atoms with Crippen LogP contribution in [0.4, 0.5) is 0 Å². The van der Waals surface area contributed by atoms with Crippen molar-refractivity contribution in [3.63, 3.8) is 0 Å². The quantitative estimate of drug-likeness (QED) is 0.726. The molecule has 150 valence electrons. The van der Waals surface area contributed by atoms with Crippen LogP contribution in [0.3, 0.4) is 0 Å². The number of rotatable bonds is 3. The van der Waals surface area contributed by atoms with Gasteiger partial charge < -0.3 is 15.1 Å². The van der Waals surface area contributed by atoms with Crippen molar-refractivity contribution in [1.82, 2.24) is 0 Å². The van der Waals surface area contributed by atoms with Gasteiger partial charge in [-0.2, -0.15) is 0 Å². The van der Waals surface area contributed by atoms with Gasteiger partial charge in [0.15, 0.2) is 0 Å². The van der Waals surface area contributed by atoms with Crippen LogP contribution in [0.5, 0.6) is 0 Å². The molecule has 4 aliphatic carbocycles. The Labute approximate surface area is 161 Å². The molecule has 0 unspecified atom stereocenters. The molecule has 2 N–H and O–H groups in total. The fourth-order valence-corrected chi connectivity index (χ4v) is 7.06. The SMILES string of the molecule is C[C@]12CCC(=NOCC(=O)O)C=C1CC[C@@H]1[C@@H]2CC[C@@]2(C)[C@H]1CC[C@]2(C)O. The van der Waals surface area contributed by atoms with Gasteiger partial charge in [0.2, 0.25) is 6.61 Å². The number of allylic oxidation sites excluding steroid dienone is 2. The Morgan fingerprint density at radius 1 is 1.15 bits per heavy atom. The first-order valence-electron chi connectivity index (χ1n) is 10.5. The molecule has 4 aliphatic rings. The van der Waals surface area contributed by atoms with E-state index < -0.39 is 11.6 Å². The van der Waals surface area contributed by atoms with Crippen LogP contribution in [-0.4, -0.2) is 34.1 Å². The Hall–Kier alpha value is -1.36. The molecule has 0 saturated heterocycles. The Balaban J connectivity index is 1.56. The fourth-order valence-electron chi connectivity index (χ4n) is 7.06. The molecule has 0 radical (unpaired) electrons. The maximum atomic E-state index is 11.0. The lowest BCUT2D eigenvalue weighted by Crippen LogP contribution is -2.53. The van der Waals surface area contributed by atoms with Crippen LogP contribution < -0.4 is 0 Å². The summed E-state index contributed by atoms with van der Waals surface area (Å²) in [4.78, 5) is 15.6.